The second-order valence-electron chi connectivity index (χ2n) is 5.67. The molecular weight excluding hydrogens is 287 g/mol. The van der Waals surface area contributed by atoms with Crippen LogP contribution >= 0.6 is 11.6 Å². The highest BCUT2D eigenvalue weighted by Gasteiger charge is 2.32. The van der Waals surface area contributed by atoms with E-state index in [0.29, 0.717) is 5.02 Å². The molecule has 2 nitrogen and oxygen atoms in total. The van der Waals surface area contributed by atoms with Crippen molar-refractivity contribution in [2.45, 2.75) is 12.5 Å². The van der Waals surface area contributed by atoms with Gasteiger partial charge in [-0.2, -0.15) is 0 Å². The smallest absolute Gasteiger partial charge is 0.126 e. The highest BCUT2D eigenvalue weighted by molar-refractivity contribution is 6.30. The van der Waals surface area contributed by atoms with E-state index in [-0.39, 0.29) is 11.4 Å². The molecule has 1 fully saturated rings. The zero-order valence-electron chi connectivity index (χ0n) is 11.9. The van der Waals surface area contributed by atoms with Crippen LogP contribution in [0.15, 0.2) is 48.5 Å². The Morgan fingerprint density at radius 3 is 2.67 bits per heavy atom. The van der Waals surface area contributed by atoms with Crippen LogP contribution in [-0.4, -0.2) is 19.6 Å². The molecule has 110 valence electrons. The maximum atomic E-state index is 13.6. The van der Waals surface area contributed by atoms with Crippen LogP contribution in [0, 0.1) is 5.82 Å². The summed E-state index contributed by atoms with van der Waals surface area (Å²) in [6.07, 6.45) is 0. The van der Waals surface area contributed by atoms with Crippen molar-refractivity contribution in [3.63, 3.8) is 0 Å². The van der Waals surface area contributed by atoms with E-state index in [2.05, 4.69) is 29.3 Å². The van der Waals surface area contributed by atoms with E-state index in [1.807, 2.05) is 24.3 Å². The summed E-state index contributed by atoms with van der Waals surface area (Å²) in [7, 11) is 0. The molecule has 4 heteroatoms. The van der Waals surface area contributed by atoms with Gasteiger partial charge in [0, 0.05) is 30.3 Å². The molecule has 0 aliphatic carbocycles. The van der Waals surface area contributed by atoms with Crippen LogP contribution in [0.2, 0.25) is 5.02 Å². The molecule has 3 rings (SSSR count). The van der Waals surface area contributed by atoms with Gasteiger partial charge >= 0.3 is 0 Å². The Balaban J connectivity index is 1.89. The molecule has 1 atom stereocenters. The molecule has 2 aromatic carbocycles. The largest absolute Gasteiger partial charge is 0.368 e. The molecule has 21 heavy (non-hydrogen) atoms. The molecular formula is C17H18ClFN2. The molecule has 0 amide bonds. The molecule has 0 radical (unpaired) electrons. The minimum atomic E-state index is -0.294. The Morgan fingerprint density at radius 2 is 1.95 bits per heavy atom. The number of benzene rings is 2. The lowest BCUT2D eigenvalue weighted by Crippen LogP contribution is -2.56. The molecule has 2 aromatic rings. The zero-order chi connectivity index (χ0) is 14.9. The predicted octanol–water partition coefficient (Wildman–Crippen LogP) is 3.80. The highest BCUT2D eigenvalue weighted by Crippen LogP contribution is 2.29. The van der Waals surface area contributed by atoms with E-state index >= 15 is 0 Å². The average molecular weight is 305 g/mol. The number of hydrogen-bond acceptors (Lipinski definition) is 2. The Bertz CT molecular complexity index is 612. The topological polar surface area (TPSA) is 15.3 Å². The first-order valence-corrected chi connectivity index (χ1v) is 7.46. The summed E-state index contributed by atoms with van der Waals surface area (Å²) in [5, 5.41) is 4.01. The zero-order valence-corrected chi connectivity index (χ0v) is 12.7. The van der Waals surface area contributed by atoms with Crippen molar-refractivity contribution in [2.75, 3.05) is 24.5 Å². The van der Waals surface area contributed by atoms with Crippen LogP contribution in [0.5, 0.6) is 0 Å². The summed E-state index contributed by atoms with van der Waals surface area (Å²) < 4.78 is 13.6. The summed E-state index contributed by atoms with van der Waals surface area (Å²) in [5.74, 6) is -0.294. The summed E-state index contributed by atoms with van der Waals surface area (Å²) in [4.78, 5) is 2.18. The van der Waals surface area contributed by atoms with Gasteiger partial charge in [0.2, 0.25) is 0 Å². The van der Waals surface area contributed by atoms with Gasteiger partial charge in [0.1, 0.15) is 5.82 Å². The maximum absolute atomic E-state index is 13.6. The van der Waals surface area contributed by atoms with Gasteiger partial charge < -0.3 is 10.2 Å². The summed E-state index contributed by atoms with van der Waals surface area (Å²) in [5.41, 5.74) is 1.92. The lowest BCUT2D eigenvalue weighted by molar-refractivity contribution is 0.332. The van der Waals surface area contributed by atoms with E-state index in [1.54, 1.807) is 6.07 Å². The van der Waals surface area contributed by atoms with Gasteiger partial charge in [-0.25, -0.2) is 4.39 Å². The van der Waals surface area contributed by atoms with Crippen molar-refractivity contribution < 1.29 is 4.39 Å². The molecule has 1 saturated heterocycles. The standard InChI is InChI=1S/C17H18ClFN2/c1-17(13-5-3-2-4-6-13)12-21(8-7-20-17)16-10-14(18)9-15(19)11-16/h2-6,9-11,20H,7-8,12H2,1H3. The first-order valence-electron chi connectivity index (χ1n) is 7.08. The van der Waals surface area contributed by atoms with Gasteiger partial charge in [-0.3, -0.25) is 0 Å². The van der Waals surface area contributed by atoms with Gasteiger partial charge in [0.25, 0.3) is 0 Å². The van der Waals surface area contributed by atoms with Gasteiger partial charge in [-0.15, -0.1) is 0 Å². The van der Waals surface area contributed by atoms with E-state index < -0.39 is 0 Å². The van der Waals surface area contributed by atoms with Crippen molar-refractivity contribution in [1.29, 1.82) is 0 Å². The summed E-state index contributed by atoms with van der Waals surface area (Å²) in [6.45, 7) is 4.63. The van der Waals surface area contributed by atoms with Crippen LogP contribution < -0.4 is 10.2 Å². The van der Waals surface area contributed by atoms with Gasteiger partial charge in [-0.05, 0) is 30.7 Å². The van der Waals surface area contributed by atoms with E-state index in [1.165, 1.54) is 11.6 Å². The molecule has 0 saturated carbocycles. The van der Waals surface area contributed by atoms with E-state index in [9.17, 15) is 4.39 Å². The van der Waals surface area contributed by atoms with Crippen molar-refractivity contribution in [2.24, 2.45) is 0 Å². The predicted molar refractivity (Wildman–Crippen MR) is 85.4 cm³/mol. The fourth-order valence-electron chi connectivity index (χ4n) is 2.93. The SMILES string of the molecule is CC1(c2ccccc2)CN(c2cc(F)cc(Cl)c2)CCN1. The third kappa shape index (κ3) is 3.04. The number of piperazine rings is 1. The first kappa shape index (κ1) is 14.4. The van der Waals surface area contributed by atoms with Gasteiger partial charge in [-0.1, -0.05) is 41.9 Å². The van der Waals surface area contributed by atoms with Gasteiger partial charge in [0.05, 0.1) is 5.54 Å². The van der Waals surface area contributed by atoms with E-state index in [4.69, 9.17) is 11.6 Å². The molecule has 1 N–H and O–H groups in total. The molecule has 1 heterocycles. The van der Waals surface area contributed by atoms with Crippen LogP contribution in [0.1, 0.15) is 12.5 Å². The highest BCUT2D eigenvalue weighted by atomic mass is 35.5. The molecule has 0 bridgehead atoms. The quantitative estimate of drug-likeness (QED) is 0.908. The third-order valence-corrected chi connectivity index (χ3v) is 4.25. The minimum absolute atomic E-state index is 0.154. The fraction of sp³-hybridized carbons (Fsp3) is 0.294. The normalized spacial score (nSPS) is 22.3. The van der Waals surface area contributed by atoms with Crippen molar-refractivity contribution in [3.05, 3.63) is 64.9 Å². The fourth-order valence-corrected chi connectivity index (χ4v) is 3.14. The van der Waals surface area contributed by atoms with Gasteiger partial charge in [0.15, 0.2) is 0 Å². The molecule has 1 unspecified atom stereocenters. The second kappa shape index (κ2) is 5.66. The third-order valence-electron chi connectivity index (χ3n) is 4.03. The number of rotatable bonds is 2. The molecule has 0 spiro atoms. The number of hydrogen-bond donors (Lipinski definition) is 1. The first-order chi connectivity index (χ1) is 10.1. The lowest BCUT2D eigenvalue weighted by Gasteiger charge is -2.43. The molecule has 1 aliphatic rings. The van der Waals surface area contributed by atoms with Crippen LogP contribution in [0.3, 0.4) is 0 Å². The molecule has 0 aromatic heterocycles. The lowest BCUT2D eigenvalue weighted by atomic mass is 9.89. The number of nitrogens with zero attached hydrogens (tertiary/aromatic N) is 1. The number of nitrogens with one attached hydrogen (secondary N) is 1. The monoisotopic (exact) mass is 304 g/mol. The maximum Gasteiger partial charge on any atom is 0.126 e. The molecule has 1 aliphatic heterocycles. The summed E-state index contributed by atoms with van der Waals surface area (Å²) >= 11 is 5.98. The van der Waals surface area contributed by atoms with Crippen LogP contribution in [-0.2, 0) is 5.54 Å². The summed E-state index contributed by atoms with van der Waals surface area (Å²) in [6, 6.07) is 15.0. The Labute approximate surface area is 129 Å². The van der Waals surface area contributed by atoms with Crippen molar-refractivity contribution in [1.82, 2.24) is 5.32 Å². The van der Waals surface area contributed by atoms with E-state index in [0.717, 1.165) is 25.3 Å². The average Bonchev–Trinajstić information content (AvgIpc) is 2.47. The second-order valence-corrected chi connectivity index (χ2v) is 6.11. The number of anilines is 1. The Kier molecular flexibility index (Phi) is 3.87. The van der Waals surface area contributed by atoms with Crippen LogP contribution in [0.4, 0.5) is 10.1 Å². The Morgan fingerprint density at radius 1 is 1.19 bits per heavy atom. The van der Waals surface area contributed by atoms with Crippen LogP contribution in [0.25, 0.3) is 0 Å². The number of halogens is 2. The Hall–Kier alpha value is -1.58. The van der Waals surface area contributed by atoms with Crippen molar-refractivity contribution in [3.8, 4) is 0 Å². The van der Waals surface area contributed by atoms with Crippen molar-refractivity contribution >= 4 is 17.3 Å². The minimum Gasteiger partial charge on any atom is -0.368 e.